The smallest absolute Gasteiger partial charge is 0.341 e. The van der Waals surface area contributed by atoms with E-state index in [1.165, 1.54) is 6.21 Å². The number of nitrogens with zero attached hydrogens (tertiary/aromatic N) is 2. The minimum absolute atomic E-state index is 0.223. The minimum Gasteiger partial charge on any atom is -0.482 e. The molecule has 0 spiro atoms. The molecule has 24 heavy (non-hydrogen) atoms. The van der Waals surface area contributed by atoms with E-state index >= 15 is 0 Å². The number of thioether (sulfide) groups is 1. The Hall–Kier alpha value is -2.88. The van der Waals surface area contributed by atoms with Crippen LogP contribution in [0.4, 0.5) is 0 Å². The monoisotopic (exact) mass is 351 g/mol. The number of aliphatic carboxylic acids is 2. The van der Waals surface area contributed by atoms with Crippen molar-refractivity contribution in [3.8, 4) is 5.75 Å². The van der Waals surface area contributed by atoms with Crippen LogP contribution in [0.2, 0.25) is 0 Å². The standard InChI is InChI=1S/C14H13N3O6S/c18-11(19)5-10-13(22)16-14(24-10)17-15-6-8-2-1-3-9(4-8)23-7-12(20)21/h1-4,6,10H,5,7H2,(H,18,19)(H,20,21)(H,16,17,22)/b15-6+. The van der Waals surface area contributed by atoms with Gasteiger partial charge >= 0.3 is 11.9 Å². The van der Waals surface area contributed by atoms with Gasteiger partial charge in [-0.1, -0.05) is 23.9 Å². The van der Waals surface area contributed by atoms with Gasteiger partial charge in [-0.15, -0.1) is 5.10 Å². The Balaban J connectivity index is 1.96. The number of carboxylic acid groups (broad SMARTS) is 2. The number of amides is 1. The van der Waals surface area contributed by atoms with Crippen molar-refractivity contribution in [2.45, 2.75) is 11.7 Å². The number of rotatable bonds is 7. The van der Waals surface area contributed by atoms with Gasteiger partial charge in [-0.3, -0.25) is 9.59 Å². The quantitative estimate of drug-likeness (QED) is 0.481. The predicted molar refractivity (Wildman–Crippen MR) is 86.4 cm³/mol. The summed E-state index contributed by atoms with van der Waals surface area (Å²) >= 11 is 1.00. The molecule has 1 fully saturated rings. The molecule has 1 aliphatic rings. The van der Waals surface area contributed by atoms with Gasteiger partial charge in [0.1, 0.15) is 11.0 Å². The highest BCUT2D eigenvalue weighted by atomic mass is 32.2. The van der Waals surface area contributed by atoms with E-state index in [1.807, 2.05) is 0 Å². The van der Waals surface area contributed by atoms with Crippen molar-refractivity contribution in [3.05, 3.63) is 29.8 Å². The summed E-state index contributed by atoms with van der Waals surface area (Å²) in [7, 11) is 0. The highest BCUT2D eigenvalue weighted by molar-refractivity contribution is 8.15. The fourth-order valence-corrected chi connectivity index (χ4v) is 2.64. The van der Waals surface area contributed by atoms with Crippen LogP contribution in [0.15, 0.2) is 34.5 Å². The molecule has 2 rings (SSSR count). The van der Waals surface area contributed by atoms with Gasteiger partial charge in [0.25, 0.3) is 0 Å². The zero-order chi connectivity index (χ0) is 17.5. The fourth-order valence-electron chi connectivity index (χ4n) is 1.72. The molecule has 1 atom stereocenters. The zero-order valence-corrected chi connectivity index (χ0v) is 13.0. The number of nitrogens with one attached hydrogen (secondary N) is 1. The van der Waals surface area contributed by atoms with Crippen molar-refractivity contribution in [1.82, 2.24) is 5.32 Å². The molecule has 3 N–H and O–H groups in total. The first-order valence-electron chi connectivity index (χ1n) is 6.69. The maximum absolute atomic E-state index is 11.5. The molecule has 0 bridgehead atoms. The second-order valence-electron chi connectivity index (χ2n) is 4.60. The van der Waals surface area contributed by atoms with Crippen molar-refractivity contribution < 1.29 is 29.3 Å². The average Bonchev–Trinajstić information content (AvgIpc) is 2.85. The molecule has 126 valence electrons. The van der Waals surface area contributed by atoms with Crippen LogP contribution < -0.4 is 10.1 Å². The Labute approximate surface area is 140 Å². The lowest BCUT2D eigenvalue weighted by molar-refractivity contribution is -0.139. The van der Waals surface area contributed by atoms with Crippen molar-refractivity contribution in [3.63, 3.8) is 0 Å². The van der Waals surface area contributed by atoms with Crippen LogP contribution in [0.5, 0.6) is 5.75 Å². The first-order valence-corrected chi connectivity index (χ1v) is 7.57. The van der Waals surface area contributed by atoms with Crippen molar-refractivity contribution >= 4 is 41.0 Å². The van der Waals surface area contributed by atoms with Crippen LogP contribution in [0, 0.1) is 0 Å². The van der Waals surface area contributed by atoms with E-state index in [0.29, 0.717) is 11.3 Å². The summed E-state index contributed by atoms with van der Waals surface area (Å²) in [5.74, 6) is -2.18. The third-order valence-electron chi connectivity index (χ3n) is 2.71. The molecule has 1 aromatic carbocycles. The van der Waals surface area contributed by atoms with Crippen LogP contribution in [0.1, 0.15) is 12.0 Å². The Kier molecular flexibility index (Phi) is 5.90. The summed E-state index contributed by atoms with van der Waals surface area (Å²) < 4.78 is 5.04. The molecule has 1 heterocycles. The Morgan fingerprint density at radius 1 is 1.33 bits per heavy atom. The van der Waals surface area contributed by atoms with Gasteiger partial charge in [0.2, 0.25) is 5.91 Å². The molecular weight excluding hydrogens is 338 g/mol. The van der Waals surface area contributed by atoms with Gasteiger partial charge in [-0.05, 0) is 17.7 Å². The molecule has 1 unspecified atom stereocenters. The molecule has 10 heteroatoms. The number of carbonyl (C=O) groups excluding carboxylic acids is 1. The van der Waals surface area contributed by atoms with Gasteiger partial charge in [0.15, 0.2) is 11.8 Å². The molecule has 0 aromatic heterocycles. The van der Waals surface area contributed by atoms with Gasteiger partial charge in [-0.2, -0.15) is 5.10 Å². The number of hydrogen-bond donors (Lipinski definition) is 3. The van der Waals surface area contributed by atoms with Crippen LogP contribution >= 0.6 is 11.8 Å². The highest BCUT2D eigenvalue weighted by Crippen LogP contribution is 2.22. The van der Waals surface area contributed by atoms with E-state index in [9.17, 15) is 14.4 Å². The molecule has 1 saturated heterocycles. The third kappa shape index (κ3) is 5.39. The number of carboxylic acids is 2. The second kappa shape index (κ2) is 8.11. The van der Waals surface area contributed by atoms with Crippen LogP contribution in [-0.4, -0.2) is 51.3 Å². The van der Waals surface area contributed by atoms with Crippen molar-refractivity contribution in [2.75, 3.05) is 6.61 Å². The van der Waals surface area contributed by atoms with E-state index in [-0.39, 0.29) is 11.6 Å². The number of amidine groups is 1. The van der Waals surface area contributed by atoms with E-state index in [4.69, 9.17) is 14.9 Å². The number of carbonyl (C=O) groups is 3. The maximum Gasteiger partial charge on any atom is 0.341 e. The lowest BCUT2D eigenvalue weighted by atomic mass is 10.2. The SMILES string of the molecule is O=C(O)COc1cccc(/C=N/N=C2\NC(=O)C(CC(=O)O)S2)c1. The number of ether oxygens (including phenoxy) is 1. The van der Waals surface area contributed by atoms with Gasteiger partial charge in [0, 0.05) is 0 Å². The normalized spacial score (nSPS) is 18.8. The van der Waals surface area contributed by atoms with Crippen LogP contribution in [0.3, 0.4) is 0 Å². The number of benzene rings is 1. The molecule has 0 saturated carbocycles. The molecule has 1 amide bonds. The summed E-state index contributed by atoms with van der Waals surface area (Å²) in [6, 6.07) is 6.57. The largest absolute Gasteiger partial charge is 0.482 e. The Bertz CT molecular complexity index is 718. The summed E-state index contributed by atoms with van der Waals surface area (Å²) in [5, 5.41) is 26.8. The van der Waals surface area contributed by atoms with Gasteiger partial charge in [-0.25, -0.2) is 4.79 Å². The van der Waals surface area contributed by atoms with E-state index < -0.39 is 29.7 Å². The van der Waals surface area contributed by atoms with E-state index in [0.717, 1.165) is 11.8 Å². The van der Waals surface area contributed by atoms with Crippen molar-refractivity contribution in [2.24, 2.45) is 10.2 Å². The highest BCUT2D eigenvalue weighted by Gasteiger charge is 2.32. The Morgan fingerprint density at radius 2 is 2.12 bits per heavy atom. The summed E-state index contributed by atoms with van der Waals surface area (Å²) in [6.45, 7) is -0.448. The summed E-state index contributed by atoms with van der Waals surface area (Å²) in [6.07, 6.45) is 1.11. The fraction of sp³-hybridized carbons (Fsp3) is 0.214. The zero-order valence-electron chi connectivity index (χ0n) is 12.2. The van der Waals surface area contributed by atoms with E-state index in [2.05, 4.69) is 15.5 Å². The number of hydrogen-bond acceptors (Lipinski definition) is 7. The first kappa shape index (κ1) is 17.5. The summed E-state index contributed by atoms with van der Waals surface area (Å²) in [4.78, 5) is 32.6. The molecule has 9 nitrogen and oxygen atoms in total. The van der Waals surface area contributed by atoms with Gasteiger partial charge in [0.05, 0.1) is 12.6 Å². The molecule has 1 aliphatic heterocycles. The predicted octanol–water partition coefficient (Wildman–Crippen LogP) is 0.546. The van der Waals surface area contributed by atoms with Crippen molar-refractivity contribution in [1.29, 1.82) is 0 Å². The summed E-state index contributed by atoms with van der Waals surface area (Å²) in [5.41, 5.74) is 0.624. The maximum atomic E-state index is 11.5. The first-order chi connectivity index (χ1) is 11.4. The van der Waals surface area contributed by atoms with Gasteiger partial charge < -0.3 is 20.3 Å². The van der Waals surface area contributed by atoms with Crippen LogP contribution in [-0.2, 0) is 14.4 Å². The molecule has 0 radical (unpaired) electrons. The third-order valence-corrected chi connectivity index (χ3v) is 3.78. The minimum atomic E-state index is -1.08. The lowest BCUT2D eigenvalue weighted by Crippen LogP contribution is -2.26. The Morgan fingerprint density at radius 3 is 2.83 bits per heavy atom. The van der Waals surface area contributed by atoms with Crippen LogP contribution in [0.25, 0.3) is 0 Å². The molecular formula is C14H13N3O6S. The molecule has 0 aliphatic carbocycles. The average molecular weight is 351 g/mol. The van der Waals surface area contributed by atoms with E-state index in [1.54, 1.807) is 24.3 Å². The molecule has 1 aromatic rings. The topological polar surface area (TPSA) is 138 Å². The lowest BCUT2D eigenvalue weighted by Gasteiger charge is -2.02. The second-order valence-corrected chi connectivity index (χ2v) is 5.79.